The van der Waals surface area contributed by atoms with Crippen molar-refractivity contribution < 1.29 is 8.42 Å². The van der Waals surface area contributed by atoms with Crippen molar-refractivity contribution in [3.63, 3.8) is 0 Å². The zero-order valence-electron chi connectivity index (χ0n) is 10.1. The molecule has 1 aromatic rings. The van der Waals surface area contributed by atoms with Gasteiger partial charge in [0, 0.05) is 17.2 Å². The first-order valence-corrected chi connectivity index (χ1v) is 8.69. The van der Waals surface area contributed by atoms with E-state index in [4.69, 9.17) is 0 Å². The normalized spacial score (nSPS) is 21.2. The van der Waals surface area contributed by atoms with E-state index in [0.29, 0.717) is 0 Å². The maximum Gasteiger partial charge on any atom is 0.234 e. The first-order valence-electron chi connectivity index (χ1n) is 5.99. The van der Waals surface area contributed by atoms with E-state index < -0.39 is 10.0 Å². The summed E-state index contributed by atoms with van der Waals surface area (Å²) < 4.78 is 26.5. The average Bonchev–Trinajstić information content (AvgIpc) is 2.38. The van der Waals surface area contributed by atoms with E-state index in [2.05, 4.69) is 4.72 Å². The van der Waals surface area contributed by atoms with Crippen LogP contribution in [0.3, 0.4) is 0 Å². The molecule has 1 N–H and O–H groups in total. The Morgan fingerprint density at radius 1 is 1.28 bits per heavy atom. The maximum atomic E-state index is 11.9. The second kappa shape index (κ2) is 6.41. The molecule has 0 aliphatic carbocycles. The van der Waals surface area contributed by atoms with Crippen LogP contribution in [0.1, 0.15) is 18.4 Å². The highest BCUT2D eigenvalue weighted by atomic mass is 32.2. The molecule has 1 fully saturated rings. The lowest BCUT2D eigenvalue weighted by atomic mass is 10.2. The standard InChI is InChI=1S/C13H17NO2S2/c15-18(16,14-13-7-4-9-17-11-13)10-8-12-5-2-1-3-6-12/h1-3,5-6,8,10,13-14H,4,7,9,11H2/b10-8-/t13-/m1/s1. The van der Waals surface area contributed by atoms with Gasteiger partial charge in [0.05, 0.1) is 0 Å². The Bertz CT molecular complexity index is 491. The molecule has 1 heterocycles. The number of thioether (sulfide) groups is 1. The summed E-state index contributed by atoms with van der Waals surface area (Å²) in [4.78, 5) is 0. The van der Waals surface area contributed by atoms with Crippen LogP contribution in [-0.4, -0.2) is 26.0 Å². The van der Waals surface area contributed by atoms with Gasteiger partial charge >= 0.3 is 0 Å². The lowest BCUT2D eigenvalue weighted by Gasteiger charge is -2.21. The molecule has 0 unspecified atom stereocenters. The van der Waals surface area contributed by atoms with Crippen LogP contribution in [0.4, 0.5) is 0 Å². The number of benzene rings is 1. The number of nitrogens with one attached hydrogen (secondary N) is 1. The van der Waals surface area contributed by atoms with Crippen molar-refractivity contribution in [3.05, 3.63) is 41.3 Å². The fraction of sp³-hybridized carbons (Fsp3) is 0.385. The third-order valence-electron chi connectivity index (χ3n) is 2.73. The number of sulfonamides is 1. The lowest BCUT2D eigenvalue weighted by molar-refractivity contribution is 0.550. The lowest BCUT2D eigenvalue weighted by Crippen LogP contribution is -2.37. The van der Waals surface area contributed by atoms with Gasteiger partial charge in [0.15, 0.2) is 0 Å². The van der Waals surface area contributed by atoms with Gasteiger partial charge in [-0.1, -0.05) is 30.3 Å². The molecule has 1 aliphatic heterocycles. The first-order chi connectivity index (χ1) is 8.66. The highest BCUT2D eigenvalue weighted by molar-refractivity contribution is 7.99. The molecular formula is C13H17NO2S2. The van der Waals surface area contributed by atoms with Crippen LogP contribution in [-0.2, 0) is 10.0 Å². The van der Waals surface area contributed by atoms with Crippen LogP contribution >= 0.6 is 11.8 Å². The zero-order valence-corrected chi connectivity index (χ0v) is 11.7. The van der Waals surface area contributed by atoms with Crippen molar-refractivity contribution in [3.8, 4) is 0 Å². The molecule has 0 saturated carbocycles. The summed E-state index contributed by atoms with van der Waals surface area (Å²) in [6, 6.07) is 9.51. The van der Waals surface area contributed by atoms with Gasteiger partial charge < -0.3 is 0 Å². The number of hydrogen-bond donors (Lipinski definition) is 1. The van der Waals surface area contributed by atoms with Gasteiger partial charge in [0.2, 0.25) is 10.0 Å². The van der Waals surface area contributed by atoms with Gasteiger partial charge in [0.1, 0.15) is 0 Å². The van der Waals surface area contributed by atoms with E-state index in [1.54, 1.807) is 6.08 Å². The van der Waals surface area contributed by atoms with Crippen molar-refractivity contribution in [2.24, 2.45) is 0 Å². The van der Waals surface area contributed by atoms with E-state index in [9.17, 15) is 8.42 Å². The van der Waals surface area contributed by atoms with Crippen LogP contribution in [0.5, 0.6) is 0 Å². The molecule has 1 aliphatic rings. The highest BCUT2D eigenvalue weighted by Crippen LogP contribution is 2.17. The Kier molecular flexibility index (Phi) is 4.86. The van der Waals surface area contributed by atoms with E-state index in [-0.39, 0.29) is 6.04 Å². The largest absolute Gasteiger partial charge is 0.234 e. The second-order valence-electron chi connectivity index (χ2n) is 4.29. The summed E-state index contributed by atoms with van der Waals surface area (Å²) in [5.41, 5.74) is 0.890. The number of rotatable bonds is 4. The summed E-state index contributed by atoms with van der Waals surface area (Å²) in [7, 11) is -3.32. The molecular weight excluding hydrogens is 266 g/mol. The van der Waals surface area contributed by atoms with Crippen molar-refractivity contribution in [2.45, 2.75) is 18.9 Å². The first kappa shape index (κ1) is 13.6. The molecule has 1 atom stereocenters. The van der Waals surface area contributed by atoms with Crippen molar-refractivity contribution >= 4 is 27.9 Å². The minimum atomic E-state index is -3.32. The van der Waals surface area contributed by atoms with Gasteiger partial charge in [-0.2, -0.15) is 11.8 Å². The van der Waals surface area contributed by atoms with Gasteiger partial charge in [0.25, 0.3) is 0 Å². The second-order valence-corrected chi connectivity index (χ2v) is 7.04. The predicted octanol–water partition coefficient (Wildman–Crippen LogP) is 2.47. The van der Waals surface area contributed by atoms with Crippen LogP contribution < -0.4 is 4.72 Å². The van der Waals surface area contributed by atoms with Crippen molar-refractivity contribution in [1.29, 1.82) is 0 Å². The Labute approximate surface area is 113 Å². The number of hydrogen-bond acceptors (Lipinski definition) is 3. The fourth-order valence-electron chi connectivity index (χ4n) is 1.84. The summed E-state index contributed by atoms with van der Waals surface area (Å²) in [5, 5.41) is 1.25. The van der Waals surface area contributed by atoms with Crippen molar-refractivity contribution in [1.82, 2.24) is 4.72 Å². The predicted molar refractivity (Wildman–Crippen MR) is 77.9 cm³/mol. The van der Waals surface area contributed by atoms with Gasteiger partial charge in [-0.15, -0.1) is 0 Å². The van der Waals surface area contributed by atoms with Crippen LogP contribution in [0, 0.1) is 0 Å². The minimum Gasteiger partial charge on any atom is -0.208 e. The molecule has 0 bridgehead atoms. The molecule has 0 amide bonds. The highest BCUT2D eigenvalue weighted by Gasteiger charge is 2.18. The van der Waals surface area contributed by atoms with Crippen LogP contribution in [0.25, 0.3) is 6.08 Å². The van der Waals surface area contributed by atoms with E-state index >= 15 is 0 Å². The Morgan fingerprint density at radius 2 is 2.06 bits per heavy atom. The SMILES string of the molecule is O=S(=O)(/C=C\c1ccccc1)N[C@@H]1CCCSC1. The molecule has 1 aromatic carbocycles. The molecule has 98 valence electrons. The maximum absolute atomic E-state index is 11.9. The monoisotopic (exact) mass is 283 g/mol. The Balaban J connectivity index is 1.96. The van der Waals surface area contributed by atoms with Crippen LogP contribution in [0.2, 0.25) is 0 Å². The third-order valence-corrected chi connectivity index (χ3v) is 5.10. The Hall–Kier alpha value is -0.780. The smallest absolute Gasteiger partial charge is 0.208 e. The molecule has 18 heavy (non-hydrogen) atoms. The van der Waals surface area contributed by atoms with E-state index in [1.807, 2.05) is 42.1 Å². The summed E-state index contributed by atoms with van der Waals surface area (Å²) in [6.45, 7) is 0. The minimum absolute atomic E-state index is 0.0779. The molecule has 0 spiro atoms. The zero-order chi connectivity index (χ0) is 12.8. The quantitative estimate of drug-likeness (QED) is 0.923. The summed E-state index contributed by atoms with van der Waals surface area (Å²) in [6.07, 6.45) is 3.64. The average molecular weight is 283 g/mol. The topological polar surface area (TPSA) is 46.2 Å². The molecule has 1 saturated heterocycles. The molecule has 0 radical (unpaired) electrons. The summed E-state index contributed by atoms with van der Waals surface area (Å²) >= 11 is 1.81. The molecule has 3 nitrogen and oxygen atoms in total. The third kappa shape index (κ3) is 4.48. The molecule has 2 rings (SSSR count). The molecule has 5 heteroatoms. The van der Waals surface area contributed by atoms with Gasteiger partial charge in [-0.05, 0) is 30.2 Å². The fourth-order valence-corrected chi connectivity index (χ4v) is 4.10. The molecule has 0 aromatic heterocycles. The Morgan fingerprint density at radius 3 is 2.72 bits per heavy atom. The van der Waals surface area contributed by atoms with E-state index in [1.165, 1.54) is 5.41 Å². The van der Waals surface area contributed by atoms with E-state index in [0.717, 1.165) is 29.9 Å². The van der Waals surface area contributed by atoms with Crippen molar-refractivity contribution in [2.75, 3.05) is 11.5 Å². The van der Waals surface area contributed by atoms with Crippen LogP contribution in [0.15, 0.2) is 35.7 Å². The van der Waals surface area contributed by atoms with Gasteiger partial charge in [-0.25, -0.2) is 13.1 Å². The van der Waals surface area contributed by atoms with Gasteiger partial charge in [-0.3, -0.25) is 0 Å². The summed E-state index contributed by atoms with van der Waals surface area (Å²) in [5.74, 6) is 2.01.